The van der Waals surface area contributed by atoms with E-state index in [0.717, 1.165) is 13.0 Å². The number of benzene rings is 1. The molecule has 0 atom stereocenters. The summed E-state index contributed by atoms with van der Waals surface area (Å²) in [6.07, 6.45) is 4.04. The van der Waals surface area contributed by atoms with Crippen LogP contribution < -0.4 is 10.2 Å². The molecule has 1 amide bonds. The zero-order valence-corrected chi connectivity index (χ0v) is 12.4. The summed E-state index contributed by atoms with van der Waals surface area (Å²) in [6.45, 7) is 3.40. The molecule has 1 aromatic carbocycles. The summed E-state index contributed by atoms with van der Waals surface area (Å²) >= 11 is 0. The van der Waals surface area contributed by atoms with Gasteiger partial charge in [-0.15, -0.1) is 0 Å². The van der Waals surface area contributed by atoms with E-state index in [0.29, 0.717) is 18.1 Å². The van der Waals surface area contributed by atoms with E-state index >= 15 is 0 Å². The van der Waals surface area contributed by atoms with Gasteiger partial charge in [-0.3, -0.25) is 4.79 Å². The predicted molar refractivity (Wildman–Crippen MR) is 83.2 cm³/mol. The second-order valence-electron chi connectivity index (χ2n) is 4.87. The van der Waals surface area contributed by atoms with Gasteiger partial charge in [0.2, 0.25) is 5.95 Å². The Labute approximate surface area is 125 Å². The third-order valence-corrected chi connectivity index (χ3v) is 3.04. The van der Waals surface area contributed by atoms with Gasteiger partial charge in [-0.05, 0) is 12.0 Å². The van der Waals surface area contributed by atoms with Crippen molar-refractivity contribution in [2.75, 3.05) is 18.5 Å². The van der Waals surface area contributed by atoms with Crippen molar-refractivity contribution < 1.29 is 4.79 Å². The van der Waals surface area contributed by atoms with E-state index in [-0.39, 0.29) is 5.91 Å². The fourth-order valence-corrected chi connectivity index (χ4v) is 1.90. The van der Waals surface area contributed by atoms with Crippen LogP contribution in [0.5, 0.6) is 0 Å². The number of hydrogen-bond acceptors (Lipinski definition) is 4. The van der Waals surface area contributed by atoms with Gasteiger partial charge in [0.15, 0.2) is 0 Å². The van der Waals surface area contributed by atoms with Crippen molar-refractivity contribution in [3.05, 3.63) is 53.9 Å². The molecule has 1 heterocycles. The second kappa shape index (κ2) is 7.38. The third kappa shape index (κ3) is 4.27. The topological polar surface area (TPSA) is 58.1 Å². The molecule has 0 radical (unpaired) electrons. The Morgan fingerprint density at radius 2 is 1.86 bits per heavy atom. The maximum Gasteiger partial charge on any atom is 0.254 e. The molecule has 1 N–H and O–H groups in total. The van der Waals surface area contributed by atoms with E-state index in [4.69, 9.17) is 0 Å². The first-order valence-corrected chi connectivity index (χ1v) is 7.06. The number of amides is 1. The summed E-state index contributed by atoms with van der Waals surface area (Å²) < 4.78 is 0. The van der Waals surface area contributed by atoms with E-state index < -0.39 is 0 Å². The van der Waals surface area contributed by atoms with E-state index in [1.54, 1.807) is 12.4 Å². The molecule has 0 aliphatic heterocycles. The molecule has 0 unspecified atom stereocenters. The Balaban J connectivity index is 1.99. The number of nitrogens with one attached hydrogen (secondary N) is 1. The first-order chi connectivity index (χ1) is 10.2. The molecule has 5 nitrogen and oxygen atoms in total. The molecule has 0 saturated carbocycles. The van der Waals surface area contributed by atoms with Crippen LogP contribution >= 0.6 is 0 Å². The van der Waals surface area contributed by atoms with Crippen molar-refractivity contribution in [3.63, 3.8) is 0 Å². The second-order valence-corrected chi connectivity index (χ2v) is 4.87. The van der Waals surface area contributed by atoms with Gasteiger partial charge in [0.05, 0.1) is 5.56 Å². The van der Waals surface area contributed by atoms with Crippen LogP contribution in [0, 0.1) is 0 Å². The van der Waals surface area contributed by atoms with Gasteiger partial charge < -0.3 is 10.2 Å². The highest BCUT2D eigenvalue weighted by Crippen LogP contribution is 2.10. The fourth-order valence-electron chi connectivity index (χ4n) is 1.90. The highest BCUT2D eigenvalue weighted by molar-refractivity contribution is 5.93. The van der Waals surface area contributed by atoms with Gasteiger partial charge in [-0.25, -0.2) is 9.97 Å². The van der Waals surface area contributed by atoms with Gasteiger partial charge in [-0.2, -0.15) is 0 Å². The highest BCUT2D eigenvalue weighted by Gasteiger charge is 2.09. The van der Waals surface area contributed by atoms with Crippen LogP contribution in [0.15, 0.2) is 42.7 Å². The molecule has 0 aliphatic rings. The average molecular weight is 284 g/mol. The lowest BCUT2D eigenvalue weighted by molar-refractivity contribution is 0.0953. The molecule has 21 heavy (non-hydrogen) atoms. The molecular weight excluding hydrogens is 264 g/mol. The molecule has 5 heteroatoms. The SMILES string of the molecule is CCCNC(=O)c1cnc(N(C)Cc2ccccc2)nc1. The normalized spacial score (nSPS) is 10.2. The number of aromatic nitrogens is 2. The van der Waals surface area contributed by atoms with Crippen LogP contribution in [0.3, 0.4) is 0 Å². The lowest BCUT2D eigenvalue weighted by Crippen LogP contribution is -2.25. The lowest BCUT2D eigenvalue weighted by atomic mass is 10.2. The number of nitrogens with zero attached hydrogens (tertiary/aromatic N) is 3. The Kier molecular flexibility index (Phi) is 5.26. The third-order valence-electron chi connectivity index (χ3n) is 3.04. The Bertz CT molecular complexity index is 569. The van der Waals surface area contributed by atoms with Gasteiger partial charge in [0, 0.05) is 32.5 Å². The molecule has 2 aromatic rings. The maximum atomic E-state index is 11.8. The number of carbonyl (C=O) groups excluding carboxylic acids is 1. The average Bonchev–Trinajstić information content (AvgIpc) is 2.53. The van der Waals surface area contributed by atoms with Crippen LogP contribution in [0.2, 0.25) is 0 Å². The molecular formula is C16H20N4O. The molecule has 110 valence electrons. The molecule has 1 aromatic heterocycles. The molecule has 0 fully saturated rings. The van der Waals surface area contributed by atoms with Crippen LogP contribution in [-0.4, -0.2) is 29.5 Å². The summed E-state index contributed by atoms with van der Waals surface area (Å²) in [5.41, 5.74) is 1.67. The van der Waals surface area contributed by atoms with Crippen molar-refractivity contribution in [2.45, 2.75) is 19.9 Å². The van der Waals surface area contributed by atoms with Gasteiger partial charge in [0.25, 0.3) is 5.91 Å². The van der Waals surface area contributed by atoms with Gasteiger partial charge in [0.1, 0.15) is 0 Å². The number of carbonyl (C=O) groups is 1. The van der Waals surface area contributed by atoms with E-state index in [2.05, 4.69) is 27.4 Å². The van der Waals surface area contributed by atoms with Crippen molar-refractivity contribution in [1.29, 1.82) is 0 Å². The molecule has 0 spiro atoms. The van der Waals surface area contributed by atoms with Gasteiger partial charge in [-0.1, -0.05) is 37.3 Å². The van der Waals surface area contributed by atoms with Crippen LogP contribution in [0.4, 0.5) is 5.95 Å². The zero-order chi connectivity index (χ0) is 15.1. The van der Waals surface area contributed by atoms with E-state index in [9.17, 15) is 4.79 Å². The number of hydrogen-bond donors (Lipinski definition) is 1. The maximum absolute atomic E-state index is 11.8. The highest BCUT2D eigenvalue weighted by atomic mass is 16.1. The van der Waals surface area contributed by atoms with Crippen molar-refractivity contribution in [2.24, 2.45) is 0 Å². The minimum Gasteiger partial charge on any atom is -0.352 e. The quantitative estimate of drug-likeness (QED) is 0.884. The minimum absolute atomic E-state index is 0.130. The van der Waals surface area contributed by atoms with Crippen LogP contribution in [-0.2, 0) is 6.54 Å². The van der Waals surface area contributed by atoms with Crippen molar-refractivity contribution in [3.8, 4) is 0 Å². The zero-order valence-electron chi connectivity index (χ0n) is 12.4. The first-order valence-electron chi connectivity index (χ1n) is 7.06. The summed E-state index contributed by atoms with van der Waals surface area (Å²) in [5.74, 6) is 0.472. The summed E-state index contributed by atoms with van der Waals surface area (Å²) in [6, 6.07) is 10.1. The molecule has 0 saturated heterocycles. The molecule has 0 aliphatic carbocycles. The standard InChI is InChI=1S/C16H20N4O/c1-3-9-17-15(21)14-10-18-16(19-11-14)20(2)12-13-7-5-4-6-8-13/h4-8,10-11H,3,9,12H2,1-2H3,(H,17,21). The minimum atomic E-state index is -0.130. The summed E-state index contributed by atoms with van der Waals surface area (Å²) in [4.78, 5) is 22.2. The summed E-state index contributed by atoms with van der Waals surface area (Å²) in [7, 11) is 1.93. The van der Waals surface area contributed by atoms with E-state index in [1.807, 2.05) is 37.1 Å². The van der Waals surface area contributed by atoms with Crippen molar-refractivity contribution in [1.82, 2.24) is 15.3 Å². The monoisotopic (exact) mass is 284 g/mol. The molecule has 2 rings (SSSR count). The Hall–Kier alpha value is -2.43. The Morgan fingerprint density at radius 1 is 1.19 bits per heavy atom. The number of anilines is 1. The first kappa shape index (κ1) is 15.0. The van der Waals surface area contributed by atoms with Gasteiger partial charge >= 0.3 is 0 Å². The van der Waals surface area contributed by atoms with Crippen molar-refractivity contribution >= 4 is 11.9 Å². The Morgan fingerprint density at radius 3 is 2.48 bits per heavy atom. The largest absolute Gasteiger partial charge is 0.352 e. The summed E-state index contributed by atoms with van der Waals surface area (Å²) in [5, 5.41) is 2.80. The smallest absolute Gasteiger partial charge is 0.254 e. The predicted octanol–water partition coefficient (Wildman–Crippen LogP) is 2.25. The van der Waals surface area contributed by atoms with E-state index in [1.165, 1.54) is 5.56 Å². The van der Waals surface area contributed by atoms with Crippen LogP contribution in [0.25, 0.3) is 0 Å². The fraction of sp³-hybridized carbons (Fsp3) is 0.312. The van der Waals surface area contributed by atoms with Crippen LogP contribution in [0.1, 0.15) is 29.3 Å². The number of rotatable bonds is 6. The molecule has 0 bridgehead atoms. The lowest BCUT2D eigenvalue weighted by Gasteiger charge is -2.17.